The summed E-state index contributed by atoms with van der Waals surface area (Å²) in [4.78, 5) is 0. The molecule has 1 radical (unpaired) electrons. The molecule has 0 saturated heterocycles. The van der Waals surface area contributed by atoms with Crippen molar-refractivity contribution in [2.24, 2.45) is 0 Å². The van der Waals surface area contributed by atoms with Gasteiger partial charge in [0.1, 0.15) is 0 Å². The van der Waals surface area contributed by atoms with Crippen LogP contribution in [0.15, 0.2) is 60.8 Å². The van der Waals surface area contributed by atoms with Crippen molar-refractivity contribution < 1.29 is 20.1 Å². The molecule has 0 N–H and O–H groups in total. The van der Waals surface area contributed by atoms with Gasteiger partial charge in [0.05, 0.1) is 5.52 Å². The van der Waals surface area contributed by atoms with Crippen molar-refractivity contribution in [1.29, 1.82) is 0 Å². The molecule has 0 aliphatic rings. The zero-order chi connectivity index (χ0) is 16.3. The van der Waals surface area contributed by atoms with Crippen LogP contribution in [0.25, 0.3) is 32.9 Å². The van der Waals surface area contributed by atoms with Crippen LogP contribution in [0.1, 0.15) is 11.4 Å². The summed E-state index contributed by atoms with van der Waals surface area (Å²) >= 11 is 0. The van der Waals surface area contributed by atoms with Gasteiger partial charge in [0.25, 0.3) is 0 Å². The van der Waals surface area contributed by atoms with E-state index < -0.39 is 0 Å². The van der Waals surface area contributed by atoms with Crippen LogP contribution in [-0.2, 0) is 20.1 Å². The second-order valence-corrected chi connectivity index (χ2v) is 6.21. The van der Waals surface area contributed by atoms with E-state index in [2.05, 4.69) is 78.1 Å². The van der Waals surface area contributed by atoms with Crippen LogP contribution in [0, 0.1) is 19.9 Å². The normalized spacial score (nSPS) is 11.3. The molecule has 3 nitrogen and oxygen atoms in total. The smallest absolute Gasteiger partial charge is 0.0711 e. The Kier molecular flexibility index (Phi) is 3.75. The monoisotopic (exact) mass is 503 g/mol. The fourth-order valence-electron chi connectivity index (χ4n) is 3.75. The van der Waals surface area contributed by atoms with Gasteiger partial charge in [-0.25, -0.2) is 0 Å². The van der Waals surface area contributed by atoms with Crippen molar-refractivity contribution in [3.63, 3.8) is 0 Å². The molecule has 0 unspecified atom stereocenters. The predicted molar refractivity (Wildman–Crippen MR) is 97.8 cm³/mol. The summed E-state index contributed by atoms with van der Waals surface area (Å²) in [5.41, 5.74) is 5.76. The number of rotatable bonds is 1. The molecular weight excluding hydrogens is 486 g/mol. The Hall–Kier alpha value is -2.42. The first-order valence-corrected chi connectivity index (χ1v) is 8.10. The van der Waals surface area contributed by atoms with Crippen molar-refractivity contribution in [3.8, 4) is 5.69 Å². The number of nitrogens with zero attached hydrogens (tertiary/aromatic N) is 3. The van der Waals surface area contributed by atoms with Crippen LogP contribution in [0.5, 0.6) is 0 Å². The molecule has 0 aliphatic heterocycles. The van der Waals surface area contributed by atoms with Crippen molar-refractivity contribution in [2.45, 2.75) is 13.8 Å². The van der Waals surface area contributed by atoms with E-state index in [1.807, 2.05) is 16.8 Å². The maximum absolute atomic E-state index is 4.54. The fraction of sp³-hybridized carbons (Fsp3) is 0.0952. The fourth-order valence-corrected chi connectivity index (χ4v) is 3.75. The number of hydrogen-bond acceptors (Lipinski definition) is 1. The number of aryl methyl sites for hydroxylation is 2. The number of hydrogen-bond donors (Lipinski definition) is 0. The summed E-state index contributed by atoms with van der Waals surface area (Å²) in [7, 11) is 0. The summed E-state index contributed by atoms with van der Waals surface area (Å²) in [5, 5.41) is 8.18. The zero-order valence-corrected chi connectivity index (χ0v) is 16.3. The summed E-state index contributed by atoms with van der Waals surface area (Å²) in [6, 6.07) is 22.5. The SMILES string of the molecule is Cc1ccc(C)n1-c1cc[c-]c2c1c1ccccc1c1ccnn21.[Ir]. The first-order valence-electron chi connectivity index (χ1n) is 8.10. The number of fused-ring (bicyclic) bond motifs is 6. The summed E-state index contributed by atoms with van der Waals surface area (Å²) < 4.78 is 4.30. The second kappa shape index (κ2) is 5.83. The van der Waals surface area contributed by atoms with Crippen LogP contribution in [0.4, 0.5) is 0 Å². The van der Waals surface area contributed by atoms with Gasteiger partial charge in [-0.05, 0) is 42.9 Å². The molecular formula is C21H16IrN3-. The Labute approximate surface area is 159 Å². The first kappa shape index (κ1) is 16.1. The van der Waals surface area contributed by atoms with E-state index >= 15 is 0 Å². The molecule has 0 amide bonds. The molecule has 0 saturated carbocycles. The maximum Gasteiger partial charge on any atom is 0.0711 e. The van der Waals surface area contributed by atoms with E-state index in [0.717, 1.165) is 11.0 Å². The number of benzene rings is 2. The van der Waals surface area contributed by atoms with Gasteiger partial charge in [-0.2, -0.15) is 17.2 Å². The topological polar surface area (TPSA) is 22.2 Å². The van der Waals surface area contributed by atoms with Crippen LogP contribution < -0.4 is 0 Å². The molecule has 25 heavy (non-hydrogen) atoms. The van der Waals surface area contributed by atoms with E-state index in [0.29, 0.717) is 0 Å². The van der Waals surface area contributed by atoms with Crippen LogP contribution in [-0.4, -0.2) is 14.2 Å². The Bertz CT molecular complexity index is 1210. The maximum atomic E-state index is 4.54. The Morgan fingerprint density at radius 3 is 2.36 bits per heavy atom. The predicted octanol–water partition coefficient (Wildman–Crippen LogP) is 4.85. The average Bonchev–Trinajstić information content (AvgIpc) is 3.22. The molecule has 3 heterocycles. The van der Waals surface area contributed by atoms with E-state index in [-0.39, 0.29) is 20.1 Å². The zero-order valence-electron chi connectivity index (χ0n) is 13.9. The number of pyridine rings is 1. The largest absolute Gasteiger partial charge is 0.341 e. The van der Waals surface area contributed by atoms with Crippen molar-refractivity contribution >= 4 is 27.2 Å². The van der Waals surface area contributed by atoms with Gasteiger partial charge in [0.2, 0.25) is 0 Å². The third-order valence-corrected chi connectivity index (χ3v) is 4.79. The van der Waals surface area contributed by atoms with Gasteiger partial charge in [-0.1, -0.05) is 40.7 Å². The van der Waals surface area contributed by atoms with Crippen LogP contribution in [0.3, 0.4) is 0 Å². The Morgan fingerprint density at radius 2 is 1.60 bits per heavy atom. The molecule has 4 heteroatoms. The Morgan fingerprint density at radius 1 is 0.880 bits per heavy atom. The molecule has 0 bridgehead atoms. The third kappa shape index (κ3) is 2.18. The minimum Gasteiger partial charge on any atom is -0.341 e. The summed E-state index contributed by atoms with van der Waals surface area (Å²) in [6.07, 6.45) is 1.86. The summed E-state index contributed by atoms with van der Waals surface area (Å²) in [6.45, 7) is 4.29. The van der Waals surface area contributed by atoms with Crippen LogP contribution in [0.2, 0.25) is 0 Å². The van der Waals surface area contributed by atoms with Crippen molar-refractivity contribution in [1.82, 2.24) is 14.2 Å². The molecule has 5 aromatic rings. The van der Waals surface area contributed by atoms with E-state index in [1.54, 1.807) is 0 Å². The van der Waals surface area contributed by atoms with Crippen molar-refractivity contribution in [2.75, 3.05) is 0 Å². The van der Waals surface area contributed by atoms with Gasteiger partial charge in [-0.3, -0.25) is 4.52 Å². The molecule has 2 aromatic carbocycles. The van der Waals surface area contributed by atoms with E-state index in [9.17, 15) is 0 Å². The van der Waals surface area contributed by atoms with Gasteiger partial charge in [0, 0.05) is 37.7 Å². The minimum atomic E-state index is 0. The molecule has 3 aromatic heterocycles. The van der Waals surface area contributed by atoms with Gasteiger partial charge >= 0.3 is 0 Å². The van der Waals surface area contributed by atoms with Crippen LogP contribution >= 0.6 is 0 Å². The van der Waals surface area contributed by atoms with Gasteiger partial charge in [0.15, 0.2) is 0 Å². The van der Waals surface area contributed by atoms with Gasteiger partial charge in [-0.15, -0.1) is 6.07 Å². The number of aromatic nitrogens is 3. The van der Waals surface area contributed by atoms with Crippen molar-refractivity contribution in [3.05, 3.63) is 78.2 Å². The Balaban J connectivity index is 0.00000157. The first-order chi connectivity index (χ1) is 11.8. The molecule has 0 aliphatic carbocycles. The quantitative estimate of drug-likeness (QED) is 0.237. The standard InChI is InChI=1S/C21H16N3.Ir/c1-14-10-11-15(2)23(14)19-8-5-9-20-21(19)17-7-4-3-6-16(17)18-12-13-22-24(18)20;/h3-8,10-13H,1-2H3;/q-1;. The molecule has 125 valence electrons. The molecule has 0 spiro atoms. The van der Waals surface area contributed by atoms with Gasteiger partial charge < -0.3 is 4.57 Å². The van der Waals surface area contributed by atoms with E-state index in [4.69, 9.17) is 0 Å². The summed E-state index contributed by atoms with van der Waals surface area (Å²) in [5.74, 6) is 0. The molecule has 5 rings (SSSR count). The van der Waals surface area contributed by atoms with E-state index in [1.165, 1.54) is 33.2 Å². The molecule has 0 atom stereocenters. The second-order valence-electron chi connectivity index (χ2n) is 6.21. The molecule has 0 fully saturated rings. The minimum absolute atomic E-state index is 0. The third-order valence-electron chi connectivity index (χ3n) is 4.79. The average molecular weight is 503 g/mol.